The molecule has 2 aromatic heterocycles. The predicted octanol–water partition coefficient (Wildman–Crippen LogP) is 4.34. The molecule has 0 unspecified atom stereocenters. The molecule has 2 heterocycles. The van der Waals surface area contributed by atoms with E-state index in [-0.39, 0.29) is 5.82 Å². The summed E-state index contributed by atoms with van der Waals surface area (Å²) in [5.41, 5.74) is 2.46. The molecule has 0 N–H and O–H groups in total. The highest BCUT2D eigenvalue weighted by Gasteiger charge is 2.10. The molecule has 0 aromatic carbocycles. The van der Waals surface area contributed by atoms with Crippen molar-refractivity contribution in [2.24, 2.45) is 0 Å². The molecule has 0 radical (unpaired) electrons. The number of hydrogen-bond donors (Lipinski definition) is 0. The highest BCUT2D eigenvalue weighted by atomic mass is 19.1. The third-order valence-electron chi connectivity index (χ3n) is 3.32. The van der Waals surface area contributed by atoms with Gasteiger partial charge < -0.3 is 4.90 Å². The summed E-state index contributed by atoms with van der Waals surface area (Å²) in [5, 5.41) is 0. The number of halogens is 1. The van der Waals surface area contributed by atoms with E-state index in [0.717, 1.165) is 30.8 Å². The number of nitrogens with zero attached hydrogens (tertiary/aromatic N) is 3. The van der Waals surface area contributed by atoms with Crippen LogP contribution in [0.25, 0.3) is 11.3 Å². The first-order chi connectivity index (χ1) is 10.2. The molecule has 0 saturated carbocycles. The average molecular weight is 285 g/mol. The summed E-state index contributed by atoms with van der Waals surface area (Å²) >= 11 is 0. The van der Waals surface area contributed by atoms with Crippen molar-refractivity contribution < 1.29 is 4.39 Å². The smallest absolute Gasteiger partial charge is 0.142 e. The molecule has 2 rings (SSSR count). The molecule has 2 aromatic rings. The fourth-order valence-electron chi connectivity index (χ4n) is 2.13. The fraction of sp³-hybridized carbons (Fsp3) is 0.294. The van der Waals surface area contributed by atoms with Crippen LogP contribution < -0.4 is 4.90 Å². The van der Waals surface area contributed by atoms with Crippen LogP contribution in [0.15, 0.2) is 43.4 Å². The van der Waals surface area contributed by atoms with Crippen LogP contribution >= 0.6 is 0 Å². The van der Waals surface area contributed by atoms with Crippen molar-refractivity contribution >= 4 is 5.82 Å². The zero-order valence-corrected chi connectivity index (χ0v) is 12.5. The number of pyridine rings is 2. The molecule has 0 aliphatic rings. The van der Waals surface area contributed by atoms with Gasteiger partial charge in [-0.1, -0.05) is 26.0 Å². The van der Waals surface area contributed by atoms with Gasteiger partial charge in [-0.05, 0) is 37.2 Å². The van der Waals surface area contributed by atoms with Crippen LogP contribution in [-0.2, 0) is 0 Å². The molecule has 3 nitrogen and oxygen atoms in total. The first kappa shape index (κ1) is 15.2. The molecule has 0 bridgehead atoms. The van der Waals surface area contributed by atoms with Gasteiger partial charge in [0.15, 0.2) is 0 Å². The molecule has 110 valence electrons. The SMILES string of the molecule is C=CN(CCCC)c1nc(-c2cncc(F)c2)ccc1C. The zero-order valence-electron chi connectivity index (χ0n) is 12.5. The van der Waals surface area contributed by atoms with Crippen LogP contribution in [0, 0.1) is 12.7 Å². The Bertz CT molecular complexity index is 625. The Hall–Kier alpha value is -2.23. The second kappa shape index (κ2) is 6.97. The standard InChI is InChI=1S/C17H20FN3/c1-4-6-9-21(5-2)17-13(3)7-8-16(20-17)14-10-15(18)12-19-11-14/h5,7-8,10-12H,2,4,6,9H2,1,3H3. The lowest BCUT2D eigenvalue weighted by Gasteiger charge is -2.21. The van der Waals surface area contributed by atoms with Gasteiger partial charge in [0, 0.05) is 18.3 Å². The zero-order chi connectivity index (χ0) is 15.2. The third kappa shape index (κ3) is 3.66. The van der Waals surface area contributed by atoms with E-state index >= 15 is 0 Å². The van der Waals surface area contributed by atoms with Crippen molar-refractivity contribution in [1.82, 2.24) is 9.97 Å². The minimum absolute atomic E-state index is 0.358. The summed E-state index contributed by atoms with van der Waals surface area (Å²) < 4.78 is 13.3. The molecule has 0 aliphatic heterocycles. The highest BCUT2D eigenvalue weighted by Crippen LogP contribution is 2.24. The van der Waals surface area contributed by atoms with E-state index in [2.05, 4.69) is 23.5 Å². The van der Waals surface area contributed by atoms with Crippen LogP contribution in [0.4, 0.5) is 10.2 Å². The van der Waals surface area contributed by atoms with E-state index in [4.69, 9.17) is 0 Å². The summed E-state index contributed by atoms with van der Waals surface area (Å²) in [6, 6.07) is 5.32. The van der Waals surface area contributed by atoms with Gasteiger partial charge >= 0.3 is 0 Å². The maximum atomic E-state index is 13.3. The quantitative estimate of drug-likeness (QED) is 0.790. The van der Waals surface area contributed by atoms with Crippen LogP contribution in [0.1, 0.15) is 25.3 Å². The summed E-state index contributed by atoms with van der Waals surface area (Å²) in [7, 11) is 0. The van der Waals surface area contributed by atoms with Gasteiger partial charge in [-0.25, -0.2) is 9.37 Å². The Morgan fingerprint density at radius 2 is 2.14 bits per heavy atom. The normalized spacial score (nSPS) is 10.4. The van der Waals surface area contributed by atoms with E-state index in [1.165, 1.54) is 12.3 Å². The lowest BCUT2D eigenvalue weighted by atomic mass is 10.1. The Kier molecular flexibility index (Phi) is 5.04. The van der Waals surface area contributed by atoms with E-state index in [1.54, 1.807) is 12.4 Å². The second-order valence-electron chi connectivity index (χ2n) is 4.96. The molecule has 0 atom stereocenters. The Morgan fingerprint density at radius 1 is 1.33 bits per heavy atom. The molecule has 4 heteroatoms. The third-order valence-corrected chi connectivity index (χ3v) is 3.32. The topological polar surface area (TPSA) is 29.0 Å². The van der Waals surface area contributed by atoms with Gasteiger partial charge in [0.2, 0.25) is 0 Å². The molecule has 0 fully saturated rings. The minimum Gasteiger partial charge on any atom is -0.333 e. The molecule has 0 spiro atoms. The highest BCUT2D eigenvalue weighted by molar-refractivity contribution is 5.63. The summed E-state index contributed by atoms with van der Waals surface area (Å²) in [5.74, 6) is 0.503. The van der Waals surface area contributed by atoms with Crippen LogP contribution in [0.3, 0.4) is 0 Å². The number of rotatable bonds is 6. The largest absolute Gasteiger partial charge is 0.333 e. The number of aromatic nitrogens is 2. The maximum absolute atomic E-state index is 13.3. The summed E-state index contributed by atoms with van der Waals surface area (Å²) in [6.45, 7) is 8.90. The molecule has 0 aliphatic carbocycles. The number of unbranched alkanes of at least 4 members (excludes halogenated alkanes) is 1. The van der Waals surface area contributed by atoms with Crippen molar-refractivity contribution in [2.45, 2.75) is 26.7 Å². The van der Waals surface area contributed by atoms with Crippen molar-refractivity contribution in [3.8, 4) is 11.3 Å². The van der Waals surface area contributed by atoms with Crippen molar-refractivity contribution in [2.75, 3.05) is 11.4 Å². The van der Waals surface area contributed by atoms with Gasteiger partial charge in [0.1, 0.15) is 11.6 Å². The fourth-order valence-corrected chi connectivity index (χ4v) is 2.13. The van der Waals surface area contributed by atoms with Crippen LogP contribution in [0.5, 0.6) is 0 Å². The van der Waals surface area contributed by atoms with Gasteiger partial charge in [-0.15, -0.1) is 0 Å². The minimum atomic E-state index is -0.358. The number of anilines is 1. The molecule has 0 saturated heterocycles. The first-order valence-corrected chi connectivity index (χ1v) is 7.13. The molecular formula is C17H20FN3. The number of hydrogen-bond acceptors (Lipinski definition) is 3. The Balaban J connectivity index is 2.38. The summed E-state index contributed by atoms with van der Waals surface area (Å²) in [6.07, 6.45) is 6.78. The van der Waals surface area contributed by atoms with Crippen molar-refractivity contribution in [1.29, 1.82) is 0 Å². The van der Waals surface area contributed by atoms with Gasteiger partial charge in [-0.2, -0.15) is 0 Å². The van der Waals surface area contributed by atoms with E-state index in [0.29, 0.717) is 11.3 Å². The molecule has 0 amide bonds. The first-order valence-electron chi connectivity index (χ1n) is 7.13. The molecular weight excluding hydrogens is 265 g/mol. The monoisotopic (exact) mass is 285 g/mol. The van der Waals surface area contributed by atoms with Crippen molar-refractivity contribution in [3.63, 3.8) is 0 Å². The Morgan fingerprint density at radius 3 is 2.81 bits per heavy atom. The predicted molar refractivity (Wildman–Crippen MR) is 84.6 cm³/mol. The maximum Gasteiger partial charge on any atom is 0.142 e. The van der Waals surface area contributed by atoms with Crippen LogP contribution in [0.2, 0.25) is 0 Å². The van der Waals surface area contributed by atoms with Gasteiger partial charge in [-0.3, -0.25) is 4.98 Å². The van der Waals surface area contributed by atoms with Crippen molar-refractivity contribution in [3.05, 3.63) is 54.8 Å². The average Bonchev–Trinajstić information content (AvgIpc) is 2.49. The van der Waals surface area contributed by atoms with Gasteiger partial charge in [0.25, 0.3) is 0 Å². The van der Waals surface area contributed by atoms with E-state index in [1.807, 2.05) is 24.0 Å². The second-order valence-corrected chi connectivity index (χ2v) is 4.96. The number of aryl methyl sites for hydroxylation is 1. The lowest BCUT2D eigenvalue weighted by molar-refractivity contribution is 0.622. The lowest BCUT2D eigenvalue weighted by Crippen LogP contribution is -2.19. The van der Waals surface area contributed by atoms with Gasteiger partial charge in [0.05, 0.1) is 11.9 Å². The molecule has 21 heavy (non-hydrogen) atoms. The van der Waals surface area contributed by atoms with E-state index in [9.17, 15) is 4.39 Å². The Labute approximate surface area is 125 Å². The summed E-state index contributed by atoms with van der Waals surface area (Å²) in [4.78, 5) is 10.6. The van der Waals surface area contributed by atoms with Crippen LogP contribution in [-0.4, -0.2) is 16.5 Å². The van der Waals surface area contributed by atoms with E-state index < -0.39 is 0 Å².